The first-order valence-electron chi connectivity index (χ1n) is 5.77. The van der Waals surface area contributed by atoms with Crippen molar-refractivity contribution < 1.29 is 8.42 Å². The molecule has 1 aromatic heterocycles. The third-order valence-corrected chi connectivity index (χ3v) is 4.93. The zero-order chi connectivity index (χ0) is 13.8. The van der Waals surface area contributed by atoms with Crippen LogP contribution >= 0.6 is 15.9 Å². The van der Waals surface area contributed by atoms with Crippen LogP contribution in [-0.4, -0.2) is 31.3 Å². The minimum Gasteiger partial charge on any atom is -0.383 e. The second-order valence-electron chi connectivity index (χ2n) is 4.07. The fourth-order valence-electron chi connectivity index (χ4n) is 1.51. The molecule has 0 atom stereocenters. The highest BCUT2D eigenvalue weighted by Crippen LogP contribution is 2.23. The summed E-state index contributed by atoms with van der Waals surface area (Å²) in [6, 6.07) is 1.48. The molecule has 0 radical (unpaired) electrons. The molecule has 0 aromatic carbocycles. The van der Waals surface area contributed by atoms with Crippen molar-refractivity contribution in [2.24, 2.45) is 0 Å². The van der Waals surface area contributed by atoms with Crippen LogP contribution in [0, 0.1) is 0 Å². The van der Waals surface area contributed by atoms with E-state index >= 15 is 0 Å². The summed E-state index contributed by atoms with van der Waals surface area (Å²) in [5.74, 6) is 0.0283. The van der Waals surface area contributed by atoms with Gasteiger partial charge < -0.3 is 5.73 Å². The molecule has 0 spiro atoms. The van der Waals surface area contributed by atoms with E-state index in [0.29, 0.717) is 11.0 Å². The Bertz CT molecular complexity index is 505. The zero-order valence-electron chi connectivity index (χ0n) is 10.6. The molecular formula is C11H18BrN3O2S. The summed E-state index contributed by atoms with van der Waals surface area (Å²) < 4.78 is 26.5. The van der Waals surface area contributed by atoms with Crippen molar-refractivity contribution in [3.63, 3.8) is 0 Å². The number of sulfonamides is 1. The van der Waals surface area contributed by atoms with E-state index in [1.54, 1.807) is 7.05 Å². The molecule has 0 amide bonds. The summed E-state index contributed by atoms with van der Waals surface area (Å²) in [6.45, 7) is 2.56. The maximum atomic E-state index is 12.3. The highest BCUT2D eigenvalue weighted by atomic mass is 79.9. The Hall–Kier alpha value is -0.660. The van der Waals surface area contributed by atoms with Crippen LogP contribution < -0.4 is 5.73 Å². The normalized spacial score (nSPS) is 12.0. The van der Waals surface area contributed by atoms with Crippen LogP contribution in [0.2, 0.25) is 0 Å². The number of rotatable bonds is 6. The van der Waals surface area contributed by atoms with Crippen molar-refractivity contribution in [1.29, 1.82) is 0 Å². The lowest BCUT2D eigenvalue weighted by atomic mass is 10.2. The van der Waals surface area contributed by atoms with Crippen molar-refractivity contribution in [2.75, 3.05) is 19.3 Å². The molecule has 0 fully saturated rings. The minimum atomic E-state index is -3.56. The number of aromatic nitrogens is 1. The first kappa shape index (κ1) is 15.4. The van der Waals surface area contributed by atoms with Gasteiger partial charge in [-0.15, -0.1) is 0 Å². The predicted octanol–water partition coefficient (Wildman–Crippen LogP) is 2.24. The zero-order valence-corrected chi connectivity index (χ0v) is 13.0. The third kappa shape index (κ3) is 3.66. The van der Waals surface area contributed by atoms with Gasteiger partial charge in [-0.3, -0.25) is 0 Å². The molecule has 1 heterocycles. The van der Waals surface area contributed by atoms with Gasteiger partial charge in [-0.25, -0.2) is 17.7 Å². The first-order chi connectivity index (χ1) is 8.39. The Labute approximate surface area is 117 Å². The van der Waals surface area contributed by atoms with Crippen molar-refractivity contribution in [3.05, 3.63) is 16.7 Å². The van der Waals surface area contributed by atoms with Crippen LogP contribution in [0.1, 0.15) is 26.2 Å². The maximum absolute atomic E-state index is 12.3. The van der Waals surface area contributed by atoms with Crippen LogP contribution in [0.25, 0.3) is 0 Å². The van der Waals surface area contributed by atoms with E-state index in [9.17, 15) is 8.42 Å². The molecule has 0 unspecified atom stereocenters. The Balaban J connectivity index is 2.95. The molecule has 0 aliphatic carbocycles. The summed E-state index contributed by atoms with van der Waals surface area (Å²) in [7, 11) is -2.00. The number of hydrogen-bond donors (Lipinski definition) is 1. The largest absolute Gasteiger partial charge is 0.383 e. The van der Waals surface area contributed by atoms with E-state index in [1.807, 2.05) is 0 Å². The van der Waals surface area contributed by atoms with E-state index in [0.717, 1.165) is 19.3 Å². The third-order valence-electron chi connectivity index (χ3n) is 2.61. The highest BCUT2D eigenvalue weighted by molar-refractivity contribution is 9.10. The maximum Gasteiger partial charge on any atom is 0.246 e. The Morgan fingerprint density at radius 3 is 2.72 bits per heavy atom. The van der Waals surface area contributed by atoms with Gasteiger partial charge in [-0.1, -0.05) is 19.8 Å². The summed E-state index contributed by atoms with van der Waals surface area (Å²) >= 11 is 3.20. The summed E-state index contributed by atoms with van der Waals surface area (Å²) in [5, 5.41) is 0. The average Bonchev–Trinajstić information content (AvgIpc) is 2.32. The summed E-state index contributed by atoms with van der Waals surface area (Å²) in [6.07, 6.45) is 4.37. The van der Waals surface area contributed by atoms with E-state index in [4.69, 9.17) is 5.73 Å². The molecule has 0 saturated carbocycles. The standard InChI is InChI=1S/C11H18BrN3O2S/c1-3-4-5-6-15(2)18(16,17)10-7-9(12)8-14-11(10)13/h7-8H,3-6H2,1-2H3,(H2,13,14). The van der Waals surface area contributed by atoms with Gasteiger partial charge in [0.2, 0.25) is 10.0 Å². The quantitative estimate of drug-likeness (QED) is 0.809. The highest BCUT2D eigenvalue weighted by Gasteiger charge is 2.23. The van der Waals surface area contributed by atoms with E-state index in [2.05, 4.69) is 27.8 Å². The van der Waals surface area contributed by atoms with Crippen LogP contribution in [0.3, 0.4) is 0 Å². The smallest absolute Gasteiger partial charge is 0.246 e. The van der Waals surface area contributed by atoms with Gasteiger partial charge in [0.05, 0.1) is 0 Å². The number of halogens is 1. The number of hydrogen-bond acceptors (Lipinski definition) is 4. The molecule has 18 heavy (non-hydrogen) atoms. The Morgan fingerprint density at radius 1 is 1.44 bits per heavy atom. The van der Waals surface area contributed by atoms with Gasteiger partial charge in [0.1, 0.15) is 10.7 Å². The lowest BCUT2D eigenvalue weighted by Crippen LogP contribution is -2.28. The number of nitrogens with two attached hydrogens (primary N) is 1. The Kier molecular flexibility index (Phi) is 5.55. The molecule has 1 rings (SSSR count). The average molecular weight is 336 g/mol. The topological polar surface area (TPSA) is 76.3 Å². The molecule has 0 saturated heterocycles. The lowest BCUT2D eigenvalue weighted by molar-refractivity contribution is 0.454. The molecule has 102 valence electrons. The molecule has 0 aliphatic heterocycles. The number of anilines is 1. The van der Waals surface area contributed by atoms with Gasteiger partial charge in [0.15, 0.2) is 0 Å². The van der Waals surface area contributed by atoms with Gasteiger partial charge in [0.25, 0.3) is 0 Å². The van der Waals surface area contributed by atoms with Gasteiger partial charge in [-0.2, -0.15) is 0 Å². The van der Waals surface area contributed by atoms with E-state index < -0.39 is 10.0 Å². The summed E-state index contributed by atoms with van der Waals surface area (Å²) in [4.78, 5) is 3.90. The number of nitrogen functional groups attached to an aromatic ring is 1. The monoisotopic (exact) mass is 335 g/mol. The van der Waals surface area contributed by atoms with Crippen molar-refractivity contribution in [3.8, 4) is 0 Å². The van der Waals surface area contributed by atoms with E-state index in [-0.39, 0.29) is 10.7 Å². The van der Waals surface area contributed by atoms with Crippen LogP contribution in [0.15, 0.2) is 21.6 Å². The molecule has 2 N–H and O–H groups in total. The van der Waals surface area contributed by atoms with Crippen molar-refractivity contribution in [1.82, 2.24) is 9.29 Å². The second-order valence-corrected chi connectivity index (χ2v) is 7.00. The lowest BCUT2D eigenvalue weighted by Gasteiger charge is -2.17. The fourth-order valence-corrected chi connectivity index (χ4v) is 3.29. The molecule has 1 aromatic rings. The molecule has 0 bridgehead atoms. The SMILES string of the molecule is CCCCCN(C)S(=O)(=O)c1cc(Br)cnc1N. The van der Waals surface area contributed by atoms with Gasteiger partial charge >= 0.3 is 0 Å². The number of nitrogens with zero attached hydrogens (tertiary/aromatic N) is 2. The van der Waals surface area contributed by atoms with Crippen molar-refractivity contribution >= 4 is 31.8 Å². The molecule has 0 aliphatic rings. The number of unbranched alkanes of at least 4 members (excludes halogenated alkanes) is 2. The van der Waals surface area contributed by atoms with E-state index in [1.165, 1.54) is 16.6 Å². The molecule has 5 nitrogen and oxygen atoms in total. The minimum absolute atomic E-state index is 0.0283. The second kappa shape index (κ2) is 6.49. The number of pyridine rings is 1. The van der Waals surface area contributed by atoms with Crippen LogP contribution in [0.4, 0.5) is 5.82 Å². The van der Waals surface area contributed by atoms with Crippen molar-refractivity contribution in [2.45, 2.75) is 31.1 Å². The molecular weight excluding hydrogens is 318 g/mol. The molecule has 7 heteroatoms. The Morgan fingerprint density at radius 2 is 2.11 bits per heavy atom. The van der Waals surface area contributed by atoms with Crippen LogP contribution in [-0.2, 0) is 10.0 Å². The van der Waals surface area contributed by atoms with Gasteiger partial charge in [-0.05, 0) is 28.4 Å². The van der Waals surface area contributed by atoms with Gasteiger partial charge in [0, 0.05) is 24.3 Å². The first-order valence-corrected chi connectivity index (χ1v) is 8.00. The summed E-state index contributed by atoms with van der Waals surface area (Å²) in [5.41, 5.74) is 5.63. The van der Waals surface area contributed by atoms with Crippen LogP contribution in [0.5, 0.6) is 0 Å². The predicted molar refractivity (Wildman–Crippen MR) is 75.7 cm³/mol. The fraction of sp³-hybridized carbons (Fsp3) is 0.545.